The van der Waals surface area contributed by atoms with Gasteiger partial charge < -0.3 is 15.8 Å². The first-order chi connectivity index (χ1) is 8.93. The minimum atomic E-state index is -0.00717. The second-order valence-electron chi connectivity index (χ2n) is 5.48. The summed E-state index contributed by atoms with van der Waals surface area (Å²) < 4.78 is 5.65. The largest absolute Gasteiger partial charge is 0.378 e. The number of rotatable bonds is 5. The lowest BCUT2D eigenvalue weighted by molar-refractivity contribution is -0.136. The number of carbonyl (C=O) groups excluding carboxylic acids is 1. The quantitative estimate of drug-likeness (QED) is 0.860. The van der Waals surface area contributed by atoms with E-state index in [9.17, 15) is 4.79 Å². The van der Waals surface area contributed by atoms with Crippen molar-refractivity contribution in [1.82, 2.24) is 10.3 Å². The lowest BCUT2D eigenvalue weighted by Crippen LogP contribution is -2.62. The number of carbonyl (C=O) groups is 1. The van der Waals surface area contributed by atoms with Crippen LogP contribution in [-0.2, 0) is 16.0 Å². The van der Waals surface area contributed by atoms with E-state index in [1.54, 1.807) is 0 Å². The van der Waals surface area contributed by atoms with Gasteiger partial charge in [-0.1, -0.05) is 13.8 Å². The highest BCUT2D eigenvalue weighted by atomic mass is 32.1. The van der Waals surface area contributed by atoms with Gasteiger partial charge in [0.25, 0.3) is 0 Å². The number of nitrogen functional groups attached to an aromatic ring is 1. The molecule has 0 aromatic carbocycles. The third kappa shape index (κ3) is 3.06. The molecular weight excluding hydrogens is 262 g/mol. The molecule has 1 fully saturated rings. The molecule has 1 heterocycles. The van der Waals surface area contributed by atoms with Gasteiger partial charge in [-0.25, -0.2) is 4.98 Å². The van der Waals surface area contributed by atoms with Gasteiger partial charge in [0.15, 0.2) is 5.13 Å². The molecule has 0 radical (unpaired) electrons. The fourth-order valence-electron chi connectivity index (χ4n) is 2.43. The maximum Gasteiger partial charge on any atom is 0.226 e. The van der Waals surface area contributed by atoms with Crippen LogP contribution in [0.1, 0.15) is 32.9 Å². The van der Waals surface area contributed by atoms with Crippen molar-refractivity contribution in [2.45, 2.75) is 45.8 Å². The Balaban J connectivity index is 1.84. The summed E-state index contributed by atoms with van der Waals surface area (Å²) in [6.07, 6.45) is 1.41. The molecule has 106 valence electrons. The fraction of sp³-hybridized carbons (Fsp3) is 0.692. The zero-order chi connectivity index (χ0) is 14.0. The standard InChI is InChI=1S/C13H21N3O2S/c1-4-18-10-6-9(13(10,2)3)16-11(17)5-8-7-19-12(14)15-8/h7,9-10H,4-6H2,1-3H3,(H2,14,15)(H,16,17). The Morgan fingerprint density at radius 1 is 1.68 bits per heavy atom. The molecule has 1 aliphatic carbocycles. The molecular formula is C13H21N3O2S. The SMILES string of the molecule is CCOC1CC(NC(=O)Cc2csc(N)n2)C1(C)C. The van der Waals surface area contributed by atoms with Crippen molar-refractivity contribution in [3.8, 4) is 0 Å². The first-order valence-electron chi connectivity index (χ1n) is 6.54. The number of ether oxygens (including phenoxy) is 1. The van der Waals surface area contributed by atoms with E-state index in [1.807, 2.05) is 12.3 Å². The van der Waals surface area contributed by atoms with Gasteiger partial charge in [-0.15, -0.1) is 11.3 Å². The van der Waals surface area contributed by atoms with Crippen LogP contribution in [0.25, 0.3) is 0 Å². The predicted octanol–water partition coefficient (Wildman–Crippen LogP) is 1.59. The summed E-state index contributed by atoms with van der Waals surface area (Å²) in [5.41, 5.74) is 6.27. The average Bonchev–Trinajstić information content (AvgIpc) is 2.73. The lowest BCUT2D eigenvalue weighted by atomic mass is 9.64. The molecule has 6 heteroatoms. The van der Waals surface area contributed by atoms with Gasteiger partial charge in [-0.3, -0.25) is 4.79 Å². The van der Waals surface area contributed by atoms with Crippen LogP contribution in [0, 0.1) is 5.41 Å². The predicted molar refractivity (Wildman–Crippen MR) is 76.0 cm³/mol. The fourth-order valence-corrected chi connectivity index (χ4v) is 2.99. The van der Waals surface area contributed by atoms with Crippen molar-refractivity contribution in [2.75, 3.05) is 12.3 Å². The summed E-state index contributed by atoms with van der Waals surface area (Å²) in [5.74, 6) is -0.00155. The van der Waals surface area contributed by atoms with Crippen LogP contribution in [0.2, 0.25) is 0 Å². The minimum Gasteiger partial charge on any atom is -0.378 e. The van der Waals surface area contributed by atoms with Crippen LogP contribution in [0.5, 0.6) is 0 Å². The average molecular weight is 283 g/mol. The molecule has 3 N–H and O–H groups in total. The number of thiazole rings is 1. The molecule has 0 bridgehead atoms. The van der Waals surface area contributed by atoms with Crippen molar-refractivity contribution < 1.29 is 9.53 Å². The van der Waals surface area contributed by atoms with Gasteiger partial charge in [0, 0.05) is 23.4 Å². The van der Waals surface area contributed by atoms with Crippen LogP contribution in [0.3, 0.4) is 0 Å². The third-order valence-corrected chi connectivity index (χ3v) is 4.51. The van der Waals surface area contributed by atoms with Gasteiger partial charge >= 0.3 is 0 Å². The van der Waals surface area contributed by atoms with Crippen molar-refractivity contribution in [3.63, 3.8) is 0 Å². The Bertz CT molecular complexity index is 458. The van der Waals surface area contributed by atoms with E-state index in [1.165, 1.54) is 11.3 Å². The van der Waals surface area contributed by atoms with E-state index in [4.69, 9.17) is 10.5 Å². The second-order valence-corrected chi connectivity index (χ2v) is 6.36. The van der Waals surface area contributed by atoms with Gasteiger partial charge in [-0.2, -0.15) is 0 Å². The summed E-state index contributed by atoms with van der Waals surface area (Å²) in [5, 5.41) is 5.38. The van der Waals surface area contributed by atoms with Crippen molar-refractivity contribution in [3.05, 3.63) is 11.1 Å². The van der Waals surface area contributed by atoms with E-state index < -0.39 is 0 Å². The molecule has 0 saturated heterocycles. The van der Waals surface area contributed by atoms with Gasteiger partial charge in [0.2, 0.25) is 5.91 Å². The van der Waals surface area contributed by atoms with E-state index >= 15 is 0 Å². The molecule has 1 aromatic rings. The summed E-state index contributed by atoms with van der Waals surface area (Å²) >= 11 is 1.36. The minimum absolute atomic E-state index is 0.00155. The molecule has 1 saturated carbocycles. The zero-order valence-corrected chi connectivity index (χ0v) is 12.4. The Morgan fingerprint density at radius 2 is 2.42 bits per heavy atom. The number of nitrogens with two attached hydrogens (primary N) is 1. The van der Waals surface area contributed by atoms with Crippen LogP contribution in [0.15, 0.2) is 5.38 Å². The number of nitrogens with one attached hydrogen (secondary N) is 1. The van der Waals surface area contributed by atoms with Gasteiger partial charge in [-0.05, 0) is 13.3 Å². The topological polar surface area (TPSA) is 77.2 Å². The highest BCUT2D eigenvalue weighted by molar-refractivity contribution is 7.13. The summed E-state index contributed by atoms with van der Waals surface area (Å²) in [6.45, 7) is 6.96. The Labute approximate surface area is 117 Å². The highest BCUT2D eigenvalue weighted by Crippen LogP contribution is 2.42. The van der Waals surface area contributed by atoms with Crippen molar-refractivity contribution >= 4 is 22.4 Å². The molecule has 5 nitrogen and oxygen atoms in total. The highest BCUT2D eigenvalue weighted by Gasteiger charge is 2.49. The third-order valence-electron chi connectivity index (χ3n) is 3.79. The summed E-state index contributed by atoms with van der Waals surface area (Å²) in [4.78, 5) is 16.0. The maximum atomic E-state index is 11.9. The van der Waals surface area contributed by atoms with Crippen LogP contribution in [0.4, 0.5) is 5.13 Å². The van der Waals surface area contributed by atoms with E-state index in [0.717, 1.165) is 12.1 Å². The summed E-state index contributed by atoms with van der Waals surface area (Å²) in [6, 6.07) is 0.174. The van der Waals surface area contributed by atoms with E-state index in [-0.39, 0.29) is 23.5 Å². The molecule has 1 aromatic heterocycles. The second kappa shape index (κ2) is 5.46. The van der Waals surface area contributed by atoms with Crippen LogP contribution >= 0.6 is 11.3 Å². The van der Waals surface area contributed by atoms with Gasteiger partial charge in [0.05, 0.1) is 18.2 Å². The zero-order valence-electron chi connectivity index (χ0n) is 11.6. The van der Waals surface area contributed by atoms with Crippen molar-refractivity contribution in [1.29, 1.82) is 0 Å². The van der Waals surface area contributed by atoms with Crippen LogP contribution < -0.4 is 11.1 Å². The number of hydrogen-bond acceptors (Lipinski definition) is 5. The van der Waals surface area contributed by atoms with E-state index in [2.05, 4.69) is 24.1 Å². The first kappa shape index (κ1) is 14.3. The number of aromatic nitrogens is 1. The lowest BCUT2D eigenvalue weighted by Gasteiger charge is -2.51. The molecule has 0 aliphatic heterocycles. The number of hydrogen-bond donors (Lipinski definition) is 2. The summed E-state index contributed by atoms with van der Waals surface area (Å²) in [7, 11) is 0. The maximum absolute atomic E-state index is 11.9. The number of amides is 1. The van der Waals surface area contributed by atoms with Crippen molar-refractivity contribution in [2.24, 2.45) is 5.41 Å². The molecule has 0 spiro atoms. The first-order valence-corrected chi connectivity index (χ1v) is 7.42. The molecule has 1 aliphatic rings. The molecule has 2 atom stereocenters. The van der Waals surface area contributed by atoms with E-state index in [0.29, 0.717) is 18.2 Å². The Kier molecular flexibility index (Phi) is 4.10. The van der Waals surface area contributed by atoms with Gasteiger partial charge in [0.1, 0.15) is 0 Å². The molecule has 19 heavy (non-hydrogen) atoms. The number of anilines is 1. The molecule has 1 amide bonds. The number of nitrogens with zero attached hydrogens (tertiary/aromatic N) is 1. The Hall–Kier alpha value is -1.14. The smallest absolute Gasteiger partial charge is 0.226 e. The molecule has 2 rings (SSSR count). The monoisotopic (exact) mass is 283 g/mol. The normalized spacial score (nSPS) is 24.8. The van der Waals surface area contributed by atoms with Crippen LogP contribution in [-0.4, -0.2) is 29.6 Å². The molecule has 2 unspecified atom stereocenters. The Morgan fingerprint density at radius 3 is 2.95 bits per heavy atom.